The molecule has 1 amide bonds. The lowest BCUT2D eigenvalue weighted by molar-refractivity contribution is -0.119. The monoisotopic (exact) mass is 462 g/mol. The summed E-state index contributed by atoms with van der Waals surface area (Å²) >= 11 is 1.24. The highest BCUT2D eigenvalue weighted by Gasteiger charge is 2.17. The van der Waals surface area contributed by atoms with Crippen molar-refractivity contribution in [3.8, 4) is 11.4 Å². The summed E-state index contributed by atoms with van der Waals surface area (Å²) < 4.78 is 6.74. The number of carbonyl (C=O) groups excluding carboxylic acids is 1. The fraction of sp³-hybridized carbons (Fsp3) is 0.240. The van der Waals surface area contributed by atoms with Crippen molar-refractivity contribution < 1.29 is 9.53 Å². The molecule has 33 heavy (non-hydrogen) atoms. The van der Waals surface area contributed by atoms with E-state index in [2.05, 4.69) is 15.3 Å². The number of nitrogens with one attached hydrogen (secondary N) is 2. The first-order valence-electron chi connectivity index (χ1n) is 10.6. The molecule has 4 rings (SSSR count). The van der Waals surface area contributed by atoms with Crippen LogP contribution in [0.25, 0.3) is 16.7 Å². The lowest BCUT2D eigenvalue weighted by Crippen LogP contribution is -2.29. The van der Waals surface area contributed by atoms with Crippen LogP contribution in [-0.4, -0.2) is 33.3 Å². The maximum Gasteiger partial charge on any atom is 0.283 e. The minimum Gasteiger partial charge on any atom is -0.497 e. The second-order valence-corrected chi connectivity index (χ2v) is 8.88. The predicted octanol–water partition coefficient (Wildman–Crippen LogP) is 4.31. The van der Waals surface area contributed by atoms with Crippen LogP contribution in [0, 0.1) is 13.8 Å². The van der Waals surface area contributed by atoms with Crippen LogP contribution in [0.2, 0.25) is 0 Å². The maximum absolute atomic E-state index is 13.3. The van der Waals surface area contributed by atoms with Gasteiger partial charge in [-0.3, -0.25) is 14.2 Å². The minimum atomic E-state index is -0.188. The Labute approximate surface area is 196 Å². The van der Waals surface area contributed by atoms with Crippen molar-refractivity contribution in [1.29, 1.82) is 0 Å². The standard InChI is InChI=1S/C25H26N4O3S/c1-15-5-9-19(10-6-15)29-24(31)23-21(13-16(2)26-23)28-25(29)33-14-22(30)27-17(3)18-7-11-20(32-4)12-8-18/h5-13,17,26H,14H2,1-4H3,(H,27,30). The molecule has 7 nitrogen and oxygen atoms in total. The fourth-order valence-electron chi connectivity index (χ4n) is 3.58. The summed E-state index contributed by atoms with van der Waals surface area (Å²) in [6.45, 7) is 5.81. The molecular formula is C25H26N4O3S. The molecule has 2 aromatic carbocycles. The number of amides is 1. The van der Waals surface area contributed by atoms with Gasteiger partial charge in [0.1, 0.15) is 11.3 Å². The van der Waals surface area contributed by atoms with E-state index in [1.807, 2.05) is 75.4 Å². The number of nitrogens with zero attached hydrogens (tertiary/aromatic N) is 2. The van der Waals surface area contributed by atoms with E-state index in [1.54, 1.807) is 11.7 Å². The van der Waals surface area contributed by atoms with Gasteiger partial charge >= 0.3 is 0 Å². The van der Waals surface area contributed by atoms with Crippen molar-refractivity contribution in [2.24, 2.45) is 0 Å². The van der Waals surface area contributed by atoms with Gasteiger partial charge in [-0.05, 0) is 56.7 Å². The van der Waals surface area contributed by atoms with Crippen LogP contribution in [0.4, 0.5) is 0 Å². The number of H-pyrrole nitrogens is 1. The number of aryl methyl sites for hydroxylation is 2. The zero-order valence-corrected chi connectivity index (χ0v) is 19.8. The summed E-state index contributed by atoms with van der Waals surface area (Å²) in [5.74, 6) is 0.759. The Morgan fingerprint density at radius 1 is 1.15 bits per heavy atom. The zero-order chi connectivity index (χ0) is 23.5. The summed E-state index contributed by atoms with van der Waals surface area (Å²) in [6.07, 6.45) is 0. The second-order valence-electron chi connectivity index (χ2n) is 7.93. The third-order valence-electron chi connectivity index (χ3n) is 5.37. The van der Waals surface area contributed by atoms with Gasteiger partial charge in [-0.2, -0.15) is 0 Å². The summed E-state index contributed by atoms with van der Waals surface area (Å²) in [6, 6.07) is 16.9. The summed E-state index contributed by atoms with van der Waals surface area (Å²) in [5.41, 5.74) is 4.50. The molecule has 2 aromatic heterocycles. The normalized spacial score (nSPS) is 12.0. The average Bonchev–Trinajstić information content (AvgIpc) is 3.19. The van der Waals surface area contributed by atoms with E-state index >= 15 is 0 Å². The first-order valence-corrected chi connectivity index (χ1v) is 11.6. The fourth-order valence-corrected chi connectivity index (χ4v) is 4.41. The van der Waals surface area contributed by atoms with Gasteiger partial charge in [0, 0.05) is 5.69 Å². The van der Waals surface area contributed by atoms with Crippen LogP contribution in [0.15, 0.2) is 64.5 Å². The van der Waals surface area contributed by atoms with Gasteiger partial charge in [-0.25, -0.2) is 4.98 Å². The molecule has 0 bridgehead atoms. The number of aromatic nitrogens is 3. The third kappa shape index (κ3) is 4.96. The van der Waals surface area contributed by atoms with E-state index in [9.17, 15) is 9.59 Å². The Bertz CT molecular complexity index is 1340. The quantitative estimate of drug-likeness (QED) is 0.316. The number of thioether (sulfide) groups is 1. The van der Waals surface area contributed by atoms with E-state index in [1.165, 1.54) is 11.8 Å². The summed E-state index contributed by atoms with van der Waals surface area (Å²) in [7, 11) is 1.62. The van der Waals surface area contributed by atoms with Crippen molar-refractivity contribution in [2.75, 3.05) is 12.9 Å². The molecule has 0 radical (unpaired) electrons. The predicted molar refractivity (Wildman–Crippen MR) is 131 cm³/mol. The molecular weight excluding hydrogens is 436 g/mol. The molecule has 1 atom stereocenters. The van der Waals surface area contributed by atoms with Gasteiger partial charge in [0.25, 0.3) is 5.56 Å². The molecule has 0 saturated carbocycles. The molecule has 8 heteroatoms. The molecule has 170 valence electrons. The topological polar surface area (TPSA) is 89.0 Å². The van der Waals surface area contributed by atoms with E-state index in [4.69, 9.17) is 4.74 Å². The van der Waals surface area contributed by atoms with Gasteiger partial charge in [-0.1, -0.05) is 41.6 Å². The molecule has 0 saturated heterocycles. The van der Waals surface area contributed by atoms with E-state index in [-0.39, 0.29) is 23.3 Å². The van der Waals surface area contributed by atoms with Crippen LogP contribution >= 0.6 is 11.8 Å². The van der Waals surface area contributed by atoms with Crippen LogP contribution < -0.4 is 15.6 Å². The SMILES string of the molecule is COc1ccc(C(C)NC(=O)CSc2nc3cc(C)[nH]c3c(=O)n2-c2ccc(C)cc2)cc1. The van der Waals surface area contributed by atoms with E-state index < -0.39 is 0 Å². The lowest BCUT2D eigenvalue weighted by atomic mass is 10.1. The first kappa shape index (κ1) is 22.7. The average molecular weight is 463 g/mol. The second kappa shape index (κ2) is 9.54. The number of rotatable bonds is 7. The summed E-state index contributed by atoms with van der Waals surface area (Å²) in [5, 5.41) is 3.48. The van der Waals surface area contributed by atoms with Crippen molar-refractivity contribution in [1.82, 2.24) is 19.9 Å². The van der Waals surface area contributed by atoms with Crippen molar-refractivity contribution in [3.63, 3.8) is 0 Å². The molecule has 2 N–H and O–H groups in total. The Morgan fingerprint density at radius 3 is 2.52 bits per heavy atom. The smallest absolute Gasteiger partial charge is 0.283 e. The van der Waals surface area contributed by atoms with E-state index in [0.29, 0.717) is 21.9 Å². The van der Waals surface area contributed by atoms with Crippen molar-refractivity contribution in [2.45, 2.75) is 32.0 Å². The van der Waals surface area contributed by atoms with Crippen LogP contribution in [0.1, 0.15) is 29.8 Å². The molecule has 0 aliphatic carbocycles. The number of methoxy groups -OCH3 is 1. The summed E-state index contributed by atoms with van der Waals surface area (Å²) in [4.78, 5) is 33.7. The highest BCUT2D eigenvalue weighted by Crippen LogP contribution is 2.23. The highest BCUT2D eigenvalue weighted by molar-refractivity contribution is 7.99. The number of benzene rings is 2. The van der Waals surface area contributed by atoms with Gasteiger partial charge in [-0.15, -0.1) is 0 Å². The van der Waals surface area contributed by atoms with E-state index in [0.717, 1.165) is 22.6 Å². The lowest BCUT2D eigenvalue weighted by Gasteiger charge is -2.15. The molecule has 0 fully saturated rings. The Balaban J connectivity index is 1.57. The van der Waals surface area contributed by atoms with Crippen molar-refractivity contribution in [3.05, 3.63) is 81.8 Å². The number of fused-ring (bicyclic) bond motifs is 1. The molecule has 0 spiro atoms. The minimum absolute atomic E-state index is 0.133. The molecule has 0 aliphatic heterocycles. The number of aromatic amines is 1. The Hall–Kier alpha value is -3.52. The molecule has 4 aromatic rings. The molecule has 0 aliphatic rings. The Kier molecular flexibility index (Phi) is 6.55. The van der Waals surface area contributed by atoms with Gasteiger partial charge in [0.05, 0.1) is 30.1 Å². The van der Waals surface area contributed by atoms with Crippen LogP contribution in [0.5, 0.6) is 5.75 Å². The molecule has 1 unspecified atom stereocenters. The largest absolute Gasteiger partial charge is 0.497 e. The van der Waals surface area contributed by atoms with Gasteiger partial charge in [0.2, 0.25) is 5.91 Å². The molecule has 2 heterocycles. The highest BCUT2D eigenvalue weighted by atomic mass is 32.2. The van der Waals surface area contributed by atoms with Gasteiger partial charge in [0.15, 0.2) is 5.16 Å². The number of hydrogen-bond acceptors (Lipinski definition) is 5. The number of hydrogen-bond donors (Lipinski definition) is 2. The van der Waals surface area contributed by atoms with Gasteiger partial charge < -0.3 is 15.0 Å². The number of ether oxygens (including phenoxy) is 1. The van der Waals surface area contributed by atoms with Crippen LogP contribution in [-0.2, 0) is 4.79 Å². The third-order valence-corrected chi connectivity index (χ3v) is 6.31. The Morgan fingerprint density at radius 2 is 1.85 bits per heavy atom. The maximum atomic E-state index is 13.3. The number of carbonyl (C=O) groups is 1. The zero-order valence-electron chi connectivity index (χ0n) is 19.0. The van der Waals surface area contributed by atoms with Crippen molar-refractivity contribution >= 4 is 28.7 Å². The van der Waals surface area contributed by atoms with Crippen LogP contribution in [0.3, 0.4) is 0 Å². The first-order chi connectivity index (χ1) is 15.9.